The number of hydrogen-bond donors (Lipinski definition) is 1. The van der Waals surface area contributed by atoms with Crippen LogP contribution in [0.4, 0.5) is 5.69 Å². The van der Waals surface area contributed by atoms with Crippen LogP contribution in [0.15, 0.2) is 24.4 Å². The van der Waals surface area contributed by atoms with Crippen molar-refractivity contribution >= 4 is 11.6 Å². The van der Waals surface area contributed by atoms with E-state index in [9.17, 15) is 4.79 Å². The fourth-order valence-electron chi connectivity index (χ4n) is 2.96. The van der Waals surface area contributed by atoms with Crippen LogP contribution < -0.4 is 5.73 Å². The quantitative estimate of drug-likeness (QED) is 0.930. The van der Waals surface area contributed by atoms with Crippen LogP contribution in [0.1, 0.15) is 47.9 Å². The number of aromatic nitrogens is 3. The lowest BCUT2D eigenvalue weighted by atomic mass is 10.1. The molecule has 1 aliphatic heterocycles. The first-order valence-corrected chi connectivity index (χ1v) is 8.14. The van der Waals surface area contributed by atoms with E-state index in [2.05, 4.69) is 10.1 Å². The second kappa shape index (κ2) is 6.60. The molecule has 24 heavy (non-hydrogen) atoms. The Morgan fingerprint density at radius 2 is 2.21 bits per heavy atom. The average molecular weight is 329 g/mol. The maximum Gasteiger partial charge on any atom is 0.272 e. The number of rotatable bonds is 3. The number of nitrogen functional groups attached to an aromatic ring is 1. The first-order chi connectivity index (χ1) is 11.5. The molecule has 0 spiro atoms. The Morgan fingerprint density at radius 1 is 1.42 bits per heavy atom. The van der Waals surface area contributed by atoms with Gasteiger partial charge < -0.3 is 15.4 Å². The minimum atomic E-state index is -0.264. The highest BCUT2D eigenvalue weighted by atomic mass is 16.5. The van der Waals surface area contributed by atoms with Crippen molar-refractivity contribution < 1.29 is 9.53 Å². The van der Waals surface area contributed by atoms with E-state index in [1.54, 1.807) is 21.8 Å². The zero-order chi connectivity index (χ0) is 17.3. The summed E-state index contributed by atoms with van der Waals surface area (Å²) in [5, 5.41) is 4.24. The zero-order valence-corrected chi connectivity index (χ0v) is 14.3. The molecule has 0 bridgehead atoms. The molecule has 1 atom stereocenters. The molecule has 7 nitrogen and oxygen atoms in total. The van der Waals surface area contributed by atoms with Crippen molar-refractivity contribution in [3.05, 3.63) is 41.5 Å². The van der Waals surface area contributed by atoms with Gasteiger partial charge in [0, 0.05) is 30.2 Å². The summed E-state index contributed by atoms with van der Waals surface area (Å²) in [4.78, 5) is 19.2. The van der Waals surface area contributed by atoms with Crippen LogP contribution in [0, 0.1) is 6.92 Å². The van der Waals surface area contributed by atoms with Gasteiger partial charge in [0.1, 0.15) is 11.8 Å². The highest BCUT2D eigenvalue weighted by Crippen LogP contribution is 2.24. The third-order valence-electron chi connectivity index (χ3n) is 4.06. The topological polar surface area (TPSA) is 86.3 Å². The van der Waals surface area contributed by atoms with Gasteiger partial charge in [-0.3, -0.25) is 14.5 Å². The number of morpholine rings is 1. The Morgan fingerprint density at radius 3 is 2.92 bits per heavy atom. The predicted octanol–water partition coefficient (Wildman–Crippen LogP) is 1.96. The molecule has 2 N–H and O–H groups in total. The number of anilines is 1. The second-order valence-electron chi connectivity index (χ2n) is 6.33. The number of carbonyl (C=O) groups excluding carboxylic acids is 1. The van der Waals surface area contributed by atoms with Crippen LogP contribution >= 0.6 is 0 Å². The van der Waals surface area contributed by atoms with E-state index < -0.39 is 0 Å². The lowest BCUT2D eigenvalue weighted by molar-refractivity contribution is -0.0251. The fraction of sp³-hybridized carbons (Fsp3) is 0.471. The van der Waals surface area contributed by atoms with Crippen LogP contribution in [-0.2, 0) is 4.74 Å². The maximum absolute atomic E-state index is 12.9. The van der Waals surface area contributed by atoms with Crippen molar-refractivity contribution in [1.82, 2.24) is 19.7 Å². The van der Waals surface area contributed by atoms with Gasteiger partial charge in [-0.15, -0.1) is 0 Å². The summed E-state index contributed by atoms with van der Waals surface area (Å²) < 4.78 is 7.56. The summed E-state index contributed by atoms with van der Waals surface area (Å²) in [6.45, 7) is 7.39. The maximum atomic E-state index is 12.9. The van der Waals surface area contributed by atoms with E-state index in [0.29, 0.717) is 31.1 Å². The summed E-state index contributed by atoms with van der Waals surface area (Å²) >= 11 is 0. The largest absolute Gasteiger partial charge is 0.399 e. The lowest BCUT2D eigenvalue weighted by Crippen LogP contribution is -2.43. The van der Waals surface area contributed by atoms with Crippen molar-refractivity contribution in [2.24, 2.45) is 0 Å². The van der Waals surface area contributed by atoms with Crippen LogP contribution in [0.25, 0.3) is 0 Å². The summed E-state index contributed by atoms with van der Waals surface area (Å²) in [7, 11) is 0. The molecule has 1 fully saturated rings. The summed E-state index contributed by atoms with van der Waals surface area (Å²) in [6, 6.07) is 5.52. The van der Waals surface area contributed by atoms with Gasteiger partial charge in [0.05, 0.1) is 18.8 Å². The molecule has 0 saturated carbocycles. The van der Waals surface area contributed by atoms with E-state index in [0.717, 1.165) is 11.4 Å². The third-order valence-corrected chi connectivity index (χ3v) is 4.06. The highest BCUT2D eigenvalue weighted by Gasteiger charge is 2.29. The molecule has 1 amide bonds. The molecule has 1 aliphatic rings. The molecule has 0 aromatic carbocycles. The van der Waals surface area contributed by atoms with Gasteiger partial charge >= 0.3 is 0 Å². The Kier molecular flexibility index (Phi) is 4.53. The first-order valence-electron chi connectivity index (χ1n) is 8.14. The van der Waals surface area contributed by atoms with Crippen molar-refractivity contribution in [1.29, 1.82) is 0 Å². The molecular formula is C17H23N5O2. The standard InChI is InChI=1S/C17H23N5O2/c1-11(2)22-15(4-5-19-22)17(23)21-6-7-24-16(10-21)14-9-13(18)8-12(3)20-14/h4-5,8-9,11,16H,6-7,10H2,1-3H3,(H2,18,20)/t16-/m0/s1. The molecule has 2 aromatic rings. The Hall–Kier alpha value is -2.41. The smallest absolute Gasteiger partial charge is 0.272 e. The van der Waals surface area contributed by atoms with Gasteiger partial charge in [0.15, 0.2) is 0 Å². The van der Waals surface area contributed by atoms with Crippen LogP contribution in [-0.4, -0.2) is 45.3 Å². The molecule has 3 rings (SSSR count). The number of hydrogen-bond acceptors (Lipinski definition) is 5. The number of pyridine rings is 1. The first kappa shape index (κ1) is 16.4. The molecule has 0 unspecified atom stereocenters. The minimum Gasteiger partial charge on any atom is -0.399 e. The molecule has 2 aromatic heterocycles. The molecule has 1 saturated heterocycles. The van der Waals surface area contributed by atoms with E-state index in [-0.39, 0.29) is 18.1 Å². The predicted molar refractivity (Wildman–Crippen MR) is 90.6 cm³/mol. The van der Waals surface area contributed by atoms with Gasteiger partial charge in [-0.05, 0) is 39.0 Å². The second-order valence-corrected chi connectivity index (χ2v) is 6.33. The van der Waals surface area contributed by atoms with E-state index >= 15 is 0 Å². The number of amides is 1. The minimum absolute atomic E-state index is 0.0323. The van der Waals surface area contributed by atoms with E-state index in [4.69, 9.17) is 10.5 Å². The van der Waals surface area contributed by atoms with Gasteiger partial charge in [0.2, 0.25) is 0 Å². The van der Waals surface area contributed by atoms with Crippen molar-refractivity contribution in [3.63, 3.8) is 0 Å². The zero-order valence-electron chi connectivity index (χ0n) is 14.3. The average Bonchev–Trinajstić information content (AvgIpc) is 3.03. The van der Waals surface area contributed by atoms with Gasteiger partial charge in [-0.1, -0.05) is 0 Å². The number of aryl methyl sites for hydroxylation is 1. The van der Waals surface area contributed by atoms with Gasteiger partial charge in [0.25, 0.3) is 5.91 Å². The van der Waals surface area contributed by atoms with Crippen LogP contribution in [0.2, 0.25) is 0 Å². The number of nitrogens with zero attached hydrogens (tertiary/aromatic N) is 4. The van der Waals surface area contributed by atoms with Gasteiger partial charge in [-0.2, -0.15) is 5.10 Å². The van der Waals surface area contributed by atoms with Crippen LogP contribution in [0.5, 0.6) is 0 Å². The summed E-state index contributed by atoms with van der Waals surface area (Å²) in [5.74, 6) is -0.0323. The highest BCUT2D eigenvalue weighted by molar-refractivity contribution is 5.92. The normalized spacial score (nSPS) is 18.2. The molecular weight excluding hydrogens is 306 g/mol. The molecule has 0 aliphatic carbocycles. The Balaban J connectivity index is 1.80. The number of carbonyl (C=O) groups is 1. The fourth-order valence-corrected chi connectivity index (χ4v) is 2.96. The Bertz CT molecular complexity index is 720. The molecule has 7 heteroatoms. The number of nitrogens with two attached hydrogens (primary N) is 1. The van der Waals surface area contributed by atoms with Crippen molar-refractivity contribution in [2.45, 2.75) is 32.9 Å². The molecule has 3 heterocycles. The van der Waals surface area contributed by atoms with Crippen molar-refractivity contribution in [3.8, 4) is 0 Å². The summed E-state index contributed by atoms with van der Waals surface area (Å²) in [6.07, 6.45) is 1.40. The SMILES string of the molecule is Cc1cc(N)cc([C@@H]2CN(C(=O)c3ccnn3C(C)C)CCO2)n1. The van der Waals surface area contributed by atoms with Crippen LogP contribution in [0.3, 0.4) is 0 Å². The third kappa shape index (κ3) is 3.26. The van der Waals surface area contributed by atoms with E-state index in [1.807, 2.05) is 32.9 Å². The molecule has 128 valence electrons. The Labute approximate surface area is 141 Å². The monoisotopic (exact) mass is 329 g/mol. The molecule has 0 radical (unpaired) electrons. The number of ether oxygens (including phenoxy) is 1. The van der Waals surface area contributed by atoms with Crippen molar-refractivity contribution in [2.75, 3.05) is 25.4 Å². The van der Waals surface area contributed by atoms with Gasteiger partial charge in [-0.25, -0.2) is 0 Å². The summed E-state index contributed by atoms with van der Waals surface area (Å²) in [5.41, 5.74) is 8.77. The van der Waals surface area contributed by atoms with E-state index in [1.165, 1.54) is 0 Å². The lowest BCUT2D eigenvalue weighted by Gasteiger charge is -2.33.